The molecule has 0 radical (unpaired) electrons. The quantitative estimate of drug-likeness (QED) is 0.340. The number of pyridine rings is 1. The molecule has 220 valence electrons. The van der Waals surface area contributed by atoms with Gasteiger partial charge >= 0.3 is 0 Å². The summed E-state index contributed by atoms with van der Waals surface area (Å²) in [4.78, 5) is 38.8. The number of benzene rings is 1. The molecule has 1 unspecified atom stereocenters. The van der Waals surface area contributed by atoms with E-state index in [1.165, 1.54) is 69.8 Å². The van der Waals surface area contributed by atoms with E-state index in [-0.39, 0.29) is 23.8 Å². The monoisotopic (exact) mass is 580 g/mol. The molecule has 1 atom stereocenters. The zero-order chi connectivity index (χ0) is 28.8. The third-order valence-corrected chi connectivity index (χ3v) is 8.72. The van der Waals surface area contributed by atoms with Crippen molar-refractivity contribution in [3.8, 4) is 5.75 Å². The number of hydrogen-bond acceptors (Lipinski definition) is 7. The number of fused-ring (bicyclic) bond motifs is 1. The van der Waals surface area contributed by atoms with Gasteiger partial charge in [-0.1, -0.05) is 24.1 Å². The third-order valence-electron chi connectivity index (χ3n) is 8.41. The van der Waals surface area contributed by atoms with Crippen molar-refractivity contribution < 1.29 is 9.53 Å². The van der Waals surface area contributed by atoms with Crippen LogP contribution < -0.4 is 20.5 Å². The lowest BCUT2D eigenvalue weighted by Gasteiger charge is -2.33. The summed E-state index contributed by atoms with van der Waals surface area (Å²) in [6.45, 7) is 5.55. The van der Waals surface area contributed by atoms with E-state index >= 15 is 0 Å². The molecule has 9 nitrogen and oxygen atoms in total. The van der Waals surface area contributed by atoms with Crippen molar-refractivity contribution in [2.45, 2.75) is 51.4 Å². The van der Waals surface area contributed by atoms with Crippen LogP contribution in [0.2, 0.25) is 5.02 Å². The van der Waals surface area contributed by atoms with Gasteiger partial charge in [0.15, 0.2) is 12.4 Å². The van der Waals surface area contributed by atoms with Crippen LogP contribution in [0.3, 0.4) is 0 Å². The molecular weight excluding hydrogens is 540 g/mol. The van der Waals surface area contributed by atoms with E-state index < -0.39 is 0 Å². The van der Waals surface area contributed by atoms with Gasteiger partial charge in [-0.2, -0.15) is 0 Å². The van der Waals surface area contributed by atoms with E-state index in [1.54, 1.807) is 19.3 Å². The molecule has 4 heterocycles. The Balaban J connectivity index is 1.25. The fourth-order valence-electron chi connectivity index (χ4n) is 6.05. The summed E-state index contributed by atoms with van der Waals surface area (Å²) in [5.41, 5.74) is 2.28. The molecule has 1 N–H and O–H groups in total. The van der Waals surface area contributed by atoms with Gasteiger partial charge in [-0.3, -0.25) is 9.59 Å². The number of amides is 1. The number of likely N-dealkylation sites (N-methyl/N-ethyl adjacent to an activating group) is 1. The molecule has 2 fully saturated rings. The molecule has 2 aromatic heterocycles. The average Bonchev–Trinajstić information content (AvgIpc) is 3.51. The van der Waals surface area contributed by atoms with Gasteiger partial charge in [-0.05, 0) is 87.8 Å². The average molecular weight is 581 g/mol. The normalized spacial score (nSPS) is 17.7. The van der Waals surface area contributed by atoms with Crippen molar-refractivity contribution >= 4 is 34.4 Å². The number of aromatic nitrogens is 3. The van der Waals surface area contributed by atoms with Gasteiger partial charge in [0.2, 0.25) is 5.95 Å². The number of piperidine rings is 1. The number of ether oxygens (including phenoxy) is 1. The van der Waals surface area contributed by atoms with Gasteiger partial charge in [0.1, 0.15) is 0 Å². The van der Waals surface area contributed by atoms with E-state index in [1.807, 2.05) is 18.2 Å². The maximum absolute atomic E-state index is 12.7. The highest BCUT2D eigenvalue weighted by Gasteiger charge is 2.23. The Labute approximate surface area is 246 Å². The van der Waals surface area contributed by atoms with Crippen LogP contribution in [0.5, 0.6) is 5.75 Å². The Bertz CT molecular complexity index is 1420. The first-order valence-electron chi connectivity index (χ1n) is 14.9. The largest absolute Gasteiger partial charge is 0.478 e. The molecular formula is C31H41ClN6O3. The van der Waals surface area contributed by atoms with Crippen LogP contribution in [0.25, 0.3) is 10.9 Å². The van der Waals surface area contributed by atoms with Crippen molar-refractivity contribution in [1.29, 1.82) is 0 Å². The van der Waals surface area contributed by atoms with Gasteiger partial charge in [0.25, 0.3) is 11.5 Å². The topological polar surface area (TPSA) is 92.6 Å². The fourth-order valence-corrected chi connectivity index (χ4v) is 6.21. The van der Waals surface area contributed by atoms with Crippen LogP contribution in [0.4, 0.5) is 5.95 Å². The second-order valence-electron chi connectivity index (χ2n) is 11.4. The van der Waals surface area contributed by atoms with E-state index in [4.69, 9.17) is 21.3 Å². The summed E-state index contributed by atoms with van der Waals surface area (Å²) in [7, 11) is 3.23. The second-order valence-corrected chi connectivity index (χ2v) is 11.8. The zero-order valence-electron chi connectivity index (χ0n) is 24.2. The number of unbranched alkanes of at least 4 members (excludes halogenated alkanes) is 1. The maximum Gasteiger partial charge on any atom is 0.293 e. The molecule has 0 bridgehead atoms. The number of carbonyl (C=O) groups is 1. The van der Waals surface area contributed by atoms with Crippen molar-refractivity contribution in [2.75, 3.05) is 51.3 Å². The standard InChI is InChI=1S/C31H41ClN6O3/c1-33-29(39)21-41-28-18-24-16-23(10-11-27(24)36(2)30(28)40)17-26-25(32)19-34-31(35-26)38-15-7-9-22(20-38)8-3-4-12-37-13-5-6-14-37/h10-11,16,18-19,22H,3-9,12-15,17,20-21H2,1-2H3,(H,33,39). The molecule has 0 saturated carbocycles. The van der Waals surface area contributed by atoms with Gasteiger partial charge < -0.3 is 24.4 Å². The Hall–Kier alpha value is -3.17. The summed E-state index contributed by atoms with van der Waals surface area (Å²) < 4.78 is 7.04. The summed E-state index contributed by atoms with van der Waals surface area (Å²) in [5.74, 6) is 1.27. The minimum atomic E-state index is -0.298. The Kier molecular flexibility index (Phi) is 9.77. The summed E-state index contributed by atoms with van der Waals surface area (Å²) in [5, 5.41) is 3.88. The molecule has 1 amide bonds. The van der Waals surface area contributed by atoms with Crippen LogP contribution in [-0.2, 0) is 18.3 Å². The Morgan fingerprint density at radius 1 is 1.15 bits per heavy atom. The summed E-state index contributed by atoms with van der Waals surface area (Å²) >= 11 is 6.58. The SMILES string of the molecule is CNC(=O)COc1cc2cc(Cc3nc(N4CCCC(CCCCN5CCCC5)C4)ncc3Cl)ccc2n(C)c1=O. The maximum atomic E-state index is 12.7. The summed E-state index contributed by atoms with van der Waals surface area (Å²) in [6, 6.07) is 7.61. The van der Waals surface area contributed by atoms with Crippen LogP contribution in [0.15, 0.2) is 35.3 Å². The van der Waals surface area contributed by atoms with Crippen LogP contribution in [0, 0.1) is 5.92 Å². The number of carbonyl (C=O) groups excluding carboxylic acids is 1. The highest BCUT2D eigenvalue weighted by atomic mass is 35.5. The number of rotatable bonds is 11. The number of nitrogens with one attached hydrogen (secondary N) is 1. The number of hydrogen-bond donors (Lipinski definition) is 1. The number of halogens is 1. The molecule has 41 heavy (non-hydrogen) atoms. The zero-order valence-corrected chi connectivity index (χ0v) is 25.0. The van der Waals surface area contributed by atoms with E-state index in [0.717, 1.165) is 47.6 Å². The third kappa shape index (κ3) is 7.38. The molecule has 10 heteroatoms. The van der Waals surface area contributed by atoms with Crippen molar-refractivity contribution in [3.05, 3.63) is 57.1 Å². The fraction of sp³-hybridized carbons (Fsp3) is 0.548. The van der Waals surface area contributed by atoms with Crippen molar-refractivity contribution in [2.24, 2.45) is 13.0 Å². The van der Waals surface area contributed by atoms with E-state index in [2.05, 4.69) is 20.1 Å². The lowest BCUT2D eigenvalue weighted by atomic mass is 9.93. The van der Waals surface area contributed by atoms with Gasteiger partial charge in [-0.15, -0.1) is 0 Å². The van der Waals surface area contributed by atoms with Gasteiger partial charge in [-0.25, -0.2) is 9.97 Å². The van der Waals surface area contributed by atoms with Crippen LogP contribution in [0.1, 0.15) is 56.2 Å². The first-order valence-corrected chi connectivity index (χ1v) is 15.2. The molecule has 2 aliphatic heterocycles. The van der Waals surface area contributed by atoms with Crippen molar-refractivity contribution in [1.82, 2.24) is 24.8 Å². The van der Waals surface area contributed by atoms with Gasteiger partial charge in [0, 0.05) is 39.0 Å². The number of nitrogens with zero attached hydrogens (tertiary/aromatic N) is 5. The lowest BCUT2D eigenvalue weighted by Crippen LogP contribution is -2.36. The smallest absolute Gasteiger partial charge is 0.293 e. The van der Waals surface area contributed by atoms with Gasteiger partial charge in [0.05, 0.1) is 22.4 Å². The number of anilines is 1. The Morgan fingerprint density at radius 2 is 1.98 bits per heavy atom. The number of likely N-dealkylation sites (tertiary alicyclic amines) is 1. The summed E-state index contributed by atoms with van der Waals surface area (Å²) in [6.07, 6.45) is 11.2. The molecule has 0 spiro atoms. The minimum Gasteiger partial charge on any atom is -0.478 e. The predicted molar refractivity (Wildman–Crippen MR) is 163 cm³/mol. The number of aryl methyl sites for hydroxylation is 1. The minimum absolute atomic E-state index is 0.138. The van der Waals surface area contributed by atoms with Crippen LogP contribution in [-0.4, -0.2) is 71.7 Å². The first kappa shape index (κ1) is 29.3. The molecule has 0 aliphatic carbocycles. The van der Waals surface area contributed by atoms with Crippen LogP contribution >= 0.6 is 11.6 Å². The molecule has 2 aliphatic rings. The second kappa shape index (κ2) is 13.7. The van der Waals surface area contributed by atoms with E-state index in [0.29, 0.717) is 17.4 Å². The van der Waals surface area contributed by atoms with Crippen molar-refractivity contribution in [3.63, 3.8) is 0 Å². The molecule has 3 aromatic rings. The predicted octanol–water partition coefficient (Wildman–Crippen LogP) is 4.18. The molecule has 1 aromatic carbocycles. The van der Waals surface area contributed by atoms with E-state index in [9.17, 15) is 9.59 Å². The Morgan fingerprint density at radius 3 is 2.78 bits per heavy atom. The first-order chi connectivity index (χ1) is 19.9. The molecule has 5 rings (SSSR count). The molecule has 2 saturated heterocycles. The lowest BCUT2D eigenvalue weighted by molar-refractivity contribution is -0.122. The highest BCUT2D eigenvalue weighted by Crippen LogP contribution is 2.27. The highest BCUT2D eigenvalue weighted by molar-refractivity contribution is 6.31.